The van der Waals surface area contributed by atoms with Crippen LogP contribution in [0.3, 0.4) is 0 Å². The Balaban J connectivity index is 2.51. The summed E-state index contributed by atoms with van der Waals surface area (Å²) >= 11 is 6.04. The van der Waals surface area contributed by atoms with E-state index >= 15 is 0 Å². The molecule has 92 valence electrons. The Labute approximate surface area is 110 Å². The van der Waals surface area contributed by atoms with Gasteiger partial charge >= 0.3 is 0 Å². The van der Waals surface area contributed by atoms with Gasteiger partial charge in [0.2, 0.25) is 0 Å². The molecule has 0 aliphatic rings. The number of hydrogen-bond acceptors (Lipinski definition) is 3. The van der Waals surface area contributed by atoms with Gasteiger partial charge in [0.05, 0.1) is 25.3 Å². The number of ether oxygens (including phenoxy) is 1. The summed E-state index contributed by atoms with van der Waals surface area (Å²) in [6, 6.07) is 9.65. The van der Waals surface area contributed by atoms with Crippen molar-refractivity contribution in [2.75, 3.05) is 7.11 Å². The zero-order valence-electron chi connectivity index (χ0n) is 10.1. The van der Waals surface area contributed by atoms with E-state index in [-0.39, 0.29) is 6.42 Å². The highest BCUT2D eigenvalue weighted by atomic mass is 35.5. The summed E-state index contributed by atoms with van der Waals surface area (Å²) in [7, 11) is 3.46. The number of benzene rings is 1. The summed E-state index contributed by atoms with van der Waals surface area (Å²) in [5, 5.41) is 9.13. The highest BCUT2D eigenvalue weighted by Gasteiger charge is 2.14. The number of nitrogens with zero attached hydrogens (tertiary/aromatic N) is 3. The molecule has 0 bridgehead atoms. The summed E-state index contributed by atoms with van der Waals surface area (Å²) in [5.74, 6) is 1.48. The fourth-order valence-electron chi connectivity index (χ4n) is 1.79. The molecular weight excluding hydrogens is 250 g/mol. The smallest absolute Gasteiger partial charge is 0.152 e. The lowest BCUT2D eigenvalue weighted by Crippen LogP contribution is -1.98. The highest BCUT2D eigenvalue weighted by molar-refractivity contribution is 6.30. The van der Waals surface area contributed by atoms with Crippen molar-refractivity contribution in [3.8, 4) is 23.2 Å². The Kier molecular flexibility index (Phi) is 3.54. The lowest BCUT2D eigenvalue weighted by atomic mass is 10.2. The molecule has 1 heterocycles. The third-order valence-electron chi connectivity index (χ3n) is 2.74. The second-order valence-electron chi connectivity index (χ2n) is 3.80. The molecule has 0 saturated carbocycles. The Hall–Kier alpha value is -1.99. The molecule has 1 aromatic carbocycles. The molecule has 0 aliphatic heterocycles. The van der Waals surface area contributed by atoms with Crippen LogP contribution in [0, 0.1) is 11.3 Å². The van der Waals surface area contributed by atoms with E-state index in [4.69, 9.17) is 21.6 Å². The van der Waals surface area contributed by atoms with Gasteiger partial charge in [-0.3, -0.25) is 0 Å². The standard InChI is InChI=1S/C13H12ClN3O/c1-17-11(6-7-15)12(14)16-13(17)9-4-3-5-10(8-9)18-2/h3-5,8H,6H2,1-2H3. The third kappa shape index (κ3) is 2.18. The van der Waals surface area contributed by atoms with E-state index in [9.17, 15) is 0 Å². The van der Waals surface area contributed by atoms with Gasteiger partial charge in [-0.15, -0.1) is 0 Å². The second kappa shape index (κ2) is 5.11. The molecular formula is C13H12ClN3O. The van der Waals surface area contributed by atoms with Crippen LogP contribution in [0.25, 0.3) is 11.4 Å². The van der Waals surface area contributed by atoms with Gasteiger partial charge in [-0.1, -0.05) is 23.7 Å². The highest BCUT2D eigenvalue weighted by Crippen LogP contribution is 2.27. The number of rotatable bonds is 3. The predicted molar refractivity (Wildman–Crippen MR) is 69.5 cm³/mol. The van der Waals surface area contributed by atoms with E-state index in [2.05, 4.69) is 11.1 Å². The molecule has 0 N–H and O–H groups in total. The van der Waals surface area contributed by atoms with Crippen LogP contribution in [-0.4, -0.2) is 16.7 Å². The zero-order valence-corrected chi connectivity index (χ0v) is 10.9. The number of imidazole rings is 1. The summed E-state index contributed by atoms with van der Waals surface area (Å²) < 4.78 is 7.01. The Morgan fingerprint density at radius 1 is 1.50 bits per heavy atom. The first kappa shape index (κ1) is 12.5. The Bertz CT molecular complexity index is 613. The van der Waals surface area contributed by atoms with Crippen LogP contribution in [-0.2, 0) is 13.5 Å². The lowest BCUT2D eigenvalue weighted by molar-refractivity contribution is 0.415. The van der Waals surface area contributed by atoms with Crippen molar-refractivity contribution < 1.29 is 4.74 Å². The summed E-state index contributed by atoms with van der Waals surface area (Å²) in [6.45, 7) is 0. The fraction of sp³-hybridized carbons (Fsp3) is 0.231. The van der Waals surface area contributed by atoms with Crippen LogP contribution in [0.2, 0.25) is 5.15 Å². The molecule has 0 amide bonds. The fourth-order valence-corrected chi connectivity index (χ4v) is 2.06. The van der Waals surface area contributed by atoms with Crippen molar-refractivity contribution in [3.63, 3.8) is 0 Å². The second-order valence-corrected chi connectivity index (χ2v) is 4.16. The van der Waals surface area contributed by atoms with E-state index in [1.807, 2.05) is 35.9 Å². The first-order chi connectivity index (χ1) is 8.67. The van der Waals surface area contributed by atoms with Crippen molar-refractivity contribution in [2.24, 2.45) is 7.05 Å². The minimum absolute atomic E-state index is 0.242. The minimum Gasteiger partial charge on any atom is -0.497 e. The monoisotopic (exact) mass is 261 g/mol. The van der Waals surface area contributed by atoms with Gasteiger partial charge in [-0.25, -0.2) is 4.98 Å². The lowest BCUT2D eigenvalue weighted by Gasteiger charge is -2.05. The maximum atomic E-state index is 8.76. The van der Waals surface area contributed by atoms with Crippen molar-refractivity contribution in [1.82, 2.24) is 9.55 Å². The average molecular weight is 262 g/mol. The van der Waals surface area contributed by atoms with E-state index in [1.54, 1.807) is 7.11 Å². The van der Waals surface area contributed by atoms with E-state index in [1.165, 1.54) is 0 Å². The molecule has 0 aliphatic carbocycles. The van der Waals surface area contributed by atoms with Gasteiger partial charge in [-0.05, 0) is 12.1 Å². The molecule has 2 aromatic rings. The largest absolute Gasteiger partial charge is 0.497 e. The number of hydrogen-bond donors (Lipinski definition) is 0. The van der Waals surface area contributed by atoms with Crippen LogP contribution in [0.4, 0.5) is 0 Å². The summed E-state index contributed by atoms with van der Waals surface area (Å²) in [6.07, 6.45) is 0.242. The van der Waals surface area contributed by atoms with Gasteiger partial charge in [0, 0.05) is 12.6 Å². The molecule has 0 atom stereocenters. The van der Waals surface area contributed by atoms with E-state index < -0.39 is 0 Å². The van der Waals surface area contributed by atoms with Crippen LogP contribution < -0.4 is 4.74 Å². The van der Waals surface area contributed by atoms with Gasteiger partial charge in [0.25, 0.3) is 0 Å². The third-order valence-corrected chi connectivity index (χ3v) is 3.04. The van der Waals surface area contributed by atoms with Crippen LogP contribution >= 0.6 is 11.6 Å². The molecule has 0 fully saturated rings. The molecule has 5 heteroatoms. The van der Waals surface area contributed by atoms with Gasteiger partial charge in [0.1, 0.15) is 11.6 Å². The van der Waals surface area contributed by atoms with E-state index in [0.29, 0.717) is 5.15 Å². The molecule has 0 spiro atoms. The summed E-state index contributed by atoms with van der Waals surface area (Å²) in [5.41, 5.74) is 1.62. The minimum atomic E-state index is 0.242. The predicted octanol–water partition coefficient (Wildman–Crippen LogP) is 2.82. The number of aromatic nitrogens is 2. The van der Waals surface area contributed by atoms with Gasteiger partial charge < -0.3 is 9.30 Å². The van der Waals surface area contributed by atoms with Crippen molar-refractivity contribution in [3.05, 3.63) is 35.1 Å². The van der Waals surface area contributed by atoms with Crippen LogP contribution in [0.5, 0.6) is 5.75 Å². The van der Waals surface area contributed by atoms with Crippen molar-refractivity contribution >= 4 is 11.6 Å². The number of methoxy groups -OCH3 is 1. The summed E-state index contributed by atoms with van der Waals surface area (Å²) in [4.78, 5) is 4.30. The van der Waals surface area contributed by atoms with E-state index in [0.717, 1.165) is 22.8 Å². The maximum Gasteiger partial charge on any atom is 0.152 e. The first-order valence-electron chi connectivity index (χ1n) is 5.40. The van der Waals surface area contributed by atoms with Crippen LogP contribution in [0.15, 0.2) is 24.3 Å². The maximum absolute atomic E-state index is 8.76. The molecule has 18 heavy (non-hydrogen) atoms. The van der Waals surface area contributed by atoms with Crippen molar-refractivity contribution in [2.45, 2.75) is 6.42 Å². The SMILES string of the molecule is COc1cccc(-c2nc(Cl)c(CC#N)n2C)c1. The molecule has 0 radical (unpaired) electrons. The Morgan fingerprint density at radius 2 is 2.28 bits per heavy atom. The quantitative estimate of drug-likeness (QED) is 0.854. The molecule has 1 aromatic heterocycles. The van der Waals surface area contributed by atoms with Gasteiger partial charge in [-0.2, -0.15) is 5.26 Å². The van der Waals surface area contributed by atoms with Crippen molar-refractivity contribution in [1.29, 1.82) is 5.26 Å². The number of nitriles is 1. The molecule has 0 unspecified atom stereocenters. The first-order valence-corrected chi connectivity index (χ1v) is 5.77. The van der Waals surface area contributed by atoms with Gasteiger partial charge in [0.15, 0.2) is 5.15 Å². The van der Waals surface area contributed by atoms with Crippen LogP contribution in [0.1, 0.15) is 5.69 Å². The molecule has 2 rings (SSSR count). The zero-order chi connectivity index (χ0) is 13.1. The molecule has 4 nitrogen and oxygen atoms in total. The molecule has 0 saturated heterocycles. The normalized spacial score (nSPS) is 10.1. The average Bonchev–Trinajstić information content (AvgIpc) is 2.67. The Morgan fingerprint density at radius 3 is 2.94 bits per heavy atom. The number of halogens is 1. The topological polar surface area (TPSA) is 50.8 Å².